The molecule has 6 heteroatoms. The van der Waals surface area contributed by atoms with Gasteiger partial charge in [-0.3, -0.25) is 10.1 Å². The van der Waals surface area contributed by atoms with Gasteiger partial charge >= 0.3 is 0 Å². The van der Waals surface area contributed by atoms with Crippen molar-refractivity contribution < 1.29 is 0 Å². The molecule has 0 radical (unpaired) electrons. The number of aryl methyl sites for hydroxylation is 2. The molecule has 142 valence electrons. The Bertz CT molecular complexity index is 943. The molecule has 27 heavy (non-hydrogen) atoms. The lowest BCUT2D eigenvalue weighted by Gasteiger charge is -2.29. The van der Waals surface area contributed by atoms with Crippen LogP contribution in [0.25, 0.3) is 22.4 Å². The van der Waals surface area contributed by atoms with Crippen molar-refractivity contribution in [2.45, 2.75) is 40.7 Å². The molecule has 3 rings (SSSR count). The van der Waals surface area contributed by atoms with Crippen molar-refractivity contribution in [1.82, 2.24) is 20.2 Å². The maximum absolute atomic E-state index is 5.07. The molecule has 3 aromatic heterocycles. The average Bonchev–Trinajstić information content (AvgIpc) is 3.05. The van der Waals surface area contributed by atoms with Crippen LogP contribution in [0.2, 0.25) is 0 Å². The molecule has 6 nitrogen and oxygen atoms in total. The van der Waals surface area contributed by atoms with Crippen LogP contribution in [-0.2, 0) is 0 Å². The van der Waals surface area contributed by atoms with Crippen molar-refractivity contribution in [3.05, 3.63) is 35.5 Å². The second-order valence-corrected chi connectivity index (χ2v) is 7.60. The topological polar surface area (TPSA) is 70.1 Å². The normalized spacial score (nSPS) is 12.5. The van der Waals surface area contributed by atoms with Crippen molar-refractivity contribution >= 4 is 23.6 Å². The van der Waals surface area contributed by atoms with E-state index in [1.165, 1.54) is 0 Å². The largest absolute Gasteiger partial charge is 0.354 e. The molecule has 0 aliphatic heterocycles. The van der Waals surface area contributed by atoms with Crippen LogP contribution in [0.15, 0.2) is 29.4 Å². The maximum Gasteiger partial charge on any atom is 0.181 e. The summed E-state index contributed by atoms with van der Waals surface area (Å²) in [5.74, 6) is 1.51. The SMILES string of the molecule is C=NC(C)CN(CC(C)C)c1nc(-c2[nH]nc3ncccc23)c(C)cc1C. The van der Waals surface area contributed by atoms with Gasteiger partial charge in [-0.25, -0.2) is 9.97 Å². The molecule has 0 aliphatic rings. The average molecular weight is 364 g/mol. The van der Waals surface area contributed by atoms with Crippen molar-refractivity contribution in [3.8, 4) is 11.4 Å². The van der Waals surface area contributed by atoms with Crippen LogP contribution in [-0.4, -0.2) is 46.0 Å². The predicted molar refractivity (Wildman–Crippen MR) is 113 cm³/mol. The number of aromatic amines is 1. The van der Waals surface area contributed by atoms with Gasteiger partial charge in [0.25, 0.3) is 0 Å². The van der Waals surface area contributed by atoms with Crippen LogP contribution in [0.3, 0.4) is 0 Å². The van der Waals surface area contributed by atoms with Gasteiger partial charge in [0.05, 0.1) is 17.4 Å². The number of anilines is 1. The lowest BCUT2D eigenvalue weighted by atomic mass is 10.1. The third-order valence-corrected chi connectivity index (χ3v) is 4.62. The van der Waals surface area contributed by atoms with E-state index in [2.05, 4.69) is 72.5 Å². The molecule has 0 saturated carbocycles. The molecule has 0 fully saturated rings. The first-order valence-corrected chi connectivity index (χ1v) is 9.39. The quantitative estimate of drug-likeness (QED) is 0.638. The number of aromatic nitrogens is 4. The highest BCUT2D eigenvalue weighted by molar-refractivity contribution is 5.90. The maximum atomic E-state index is 5.07. The van der Waals surface area contributed by atoms with Gasteiger partial charge < -0.3 is 4.90 Å². The minimum atomic E-state index is 0.145. The number of nitrogens with one attached hydrogen (secondary N) is 1. The minimum Gasteiger partial charge on any atom is -0.354 e. The van der Waals surface area contributed by atoms with E-state index >= 15 is 0 Å². The minimum absolute atomic E-state index is 0.145. The Hall–Kier alpha value is -2.76. The van der Waals surface area contributed by atoms with E-state index in [1.54, 1.807) is 6.20 Å². The smallest absolute Gasteiger partial charge is 0.181 e. The fourth-order valence-corrected chi connectivity index (χ4v) is 3.41. The summed E-state index contributed by atoms with van der Waals surface area (Å²) in [6.07, 6.45) is 1.75. The first-order chi connectivity index (χ1) is 12.9. The molecule has 3 aromatic rings. The third kappa shape index (κ3) is 3.99. The van der Waals surface area contributed by atoms with E-state index in [1.807, 2.05) is 12.1 Å². The Kier molecular flexibility index (Phi) is 5.54. The Morgan fingerprint density at radius 2 is 1.96 bits per heavy atom. The second-order valence-electron chi connectivity index (χ2n) is 7.60. The lowest BCUT2D eigenvalue weighted by molar-refractivity contribution is 0.579. The number of hydrogen-bond acceptors (Lipinski definition) is 5. The summed E-state index contributed by atoms with van der Waals surface area (Å²) in [6.45, 7) is 16.1. The highest BCUT2D eigenvalue weighted by Crippen LogP contribution is 2.30. The summed E-state index contributed by atoms with van der Waals surface area (Å²) in [7, 11) is 0. The van der Waals surface area contributed by atoms with E-state index < -0.39 is 0 Å². The molecular formula is C21H28N6. The van der Waals surface area contributed by atoms with Crippen molar-refractivity contribution in [2.75, 3.05) is 18.0 Å². The standard InChI is InChI=1S/C21H28N6/c1-13(2)11-27(12-16(5)22-6)21-15(4)10-14(3)18(24-21)19-17-8-7-9-23-20(17)26-25-19/h7-10,13,16H,6,11-12H2,1-5H3,(H,23,25,26). The first-order valence-electron chi connectivity index (χ1n) is 9.39. The summed E-state index contributed by atoms with van der Waals surface area (Å²) in [4.78, 5) is 15.9. The number of hydrogen-bond donors (Lipinski definition) is 1. The van der Waals surface area contributed by atoms with E-state index in [4.69, 9.17) is 4.98 Å². The number of nitrogens with zero attached hydrogens (tertiary/aromatic N) is 5. The summed E-state index contributed by atoms with van der Waals surface area (Å²) in [5.41, 5.74) is 4.81. The molecule has 0 amide bonds. The zero-order valence-electron chi connectivity index (χ0n) is 16.8. The highest BCUT2D eigenvalue weighted by atomic mass is 15.2. The molecule has 1 atom stereocenters. The molecule has 1 N–H and O–H groups in total. The van der Waals surface area contributed by atoms with Crippen LogP contribution >= 0.6 is 0 Å². The number of rotatable bonds is 7. The number of aliphatic imine (C=N–C) groups is 1. The summed E-state index contributed by atoms with van der Waals surface area (Å²) in [6, 6.07) is 6.29. The van der Waals surface area contributed by atoms with Crippen LogP contribution < -0.4 is 4.90 Å². The van der Waals surface area contributed by atoms with Gasteiger partial charge in [0.15, 0.2) is 5.65 Å². The monoisotopic (exact) mass is 364 g/mol. The van der Waals surface area contributed by atoms with Crippen LogP contribution in [0.5, 0.6) is 0 Å². The molecule has 0 aromatic carbocycles. The van der Waals surface area contributed by atoms with Gasteiger partial charge in [-0.05, 0) is 56.7 Å². The van der Waals surface area contributed by atoms with Crippen molar-refractivity contribution in [2.24, 2.45) is 10.9 Å². The number of H-pyrrole nitrogens is 1. The fourth-order valence-electron chi connectivity index (χ4n) is 3.41. The van der Waals surface area contributed by atoms with E-state index in [9.17, 15) is 0 Å². The molecule has 3 heterocycles. The van der Waals surface area contributed by atoms with Gasteiger partial charge in [-0.15, -0.1) is 0 Å². The third-order valence-electron chi connectivity index (χ3n) is 4.62. The summed E-state index contributed by atoms with van der Waals surface area (Å²) in [5, 5.41) is 8.44. The van der Waals surface area contributed by atoms with Gasteiger partial charge in [-0.1, -0.05) is 19.9 Å². The molecule has 1 unspecified atom stereocenters. The van der Waals surface area contributed by atoms with E-state index in [-0.39, 0.29) is 6.04 Å². The Morgan fingerprint density at radius 3 is 2.67 bits per heavy atom. The Balaban J connectivity index is 2.10. The van der Waals surface area contributed by atoms with Gasteiger partial charge in [0.2, 0.25) is 0 Å². The fraction of sp³-hybridized carbons (Fsp3) is 0.429. The first kappa shape index (κ1) is 19.0. The van der Waals surface area contributed by atoms with Gasteiger partial charge in [0.1, 0.15) is 5.82 Å². The van der Waals surface area contributed by atoms with Crippen molar-refractivity contribution in [3.63, 3.8) is 0 Å². The van der Waals surface area contributed by atoms with Gasteiger partial charge in [-0.2, -0.15) is 5.10 Å². The lowest BCUT2D eigenvalue weighted by Crippen LogP contribution is -2.34. The number of fused-ring (bicyclic) bond motifs is 1. The van der Waals surface area contributed by atoms with Gasteiger partial charge in [0, 0.05) is 24.7 Å². The zero-order valence-corrected chi connectivity index (χ0v) is 16.8. The molecule has 0 saturated heterocycles. The van der Waals surface area contributed by atoms with Crippen LogP contribution in [0.1, 0.15) is 31.9 Å². The zero-order chi connectivity index (χ0) is 19.6. The van der Waals surface area contributed by atoms with Crippen LogP contribution in [0, 0.1) is 19.8 Å². The van der Waals surface area contributed by atoms with Crippen LogP contribution in [0.4, 0.5) is 5.82 Å². The molecule has 0 bridgehead atoms. The number of pyridine rings is 2. The Morgan fingerprint density at radius 1 is 1.19 bits per heavy atom. The predicted octanol–water partition coefficient (Wildman–Crippen LogP) is 4.19. The molecule has 0 aliphatic carbocycles. The second kappa shape index (κ2) is 7.86. The summed E-state index contributed by atoms with van der Waals surface area (Å²) >= 11 is 0. The molecule has 0 spiro atoms. The van der Waals surface area contributed by atoms with Crippen molar-refractivity contribution in [1.29, 1.82) is 0 Å². The summed E-state index contributed by atoms with van der Waals surface area (Å²) < 4.78 is 0. The van der Waals surface area contributed by atoms with E-state index in [0.717, 1.165) is 46.8 Å². The highest BCUT2D eigenvalue weighted by Gasteiger charge is 2.19. The molecular weight excluding hydrogens is 336 g/mol. The Labute approximate surface area is 160 Å². The van der Waals surface area contributed by atoms with E-state index in [0.29, 0.717) is 11.6 Å².